The molecule has 8 nitrogen and oxygen atoms in total. The van der Waals surface area contributed by atoms with Gasteiger partial charge in [0.15, 0.2) is 0 Å². The van der Waals surface area contributed by atoms with E-state index in [-0.39, 0.29) is 10.8 Å². The first-order chi connectivity index (χ1) is 12.4. The molecule has 3 aromatic rings. The molecule has 0 aliphatic heterocycles. The summed E-state index contributed by atoms with van der Waals surface area (Å²) in [4.78, 5) is 12.5. The Hall–Kier alpha value is -2.91. The summed E-state index contributed by atoms with van der Waals surface area (Å²) >= 11 is 0. The van der Waals surface area contributed by atoms with Crippen molar-refractivity contribution in [3.63, 3.8) is 0 Å². The fraction of sp³-hybridized carbons (Fsp3) is 0.176. The molecular formula is C17H19N5O3S. The third-order valence-corrected chi connectivity index (χ3v) is 4.88. The van der Waals surface area contributed by atoms with Gasteiger partial charge in [-0.05, 0) is 36.2 Å². The van der Waals surface area contributed by atoms with Gasteiger partial charge in [0.05, 0.1) is 11.1 Å². The predicted octanol–water partition coefficient (Wildman–Crippen LogP) is 0.831. The van der Waals surface area contributed by atoms with Gasteiger partial charge in [-0.3, -0.25) is 9.48 Å². The van der Waals surface area contributed by atoms with E-state index in [4.69, 9.17) is 5.14 Å². The number of aromatic nitrogens is 3. The van der Waals surface area contributed by atoms with Crippen LogP contribution in [0.3, 0.4) is 0 Å². The highest BCUT2D eigenvalue weighted by Crippen LogP contribution is 2.14. The molecule has 0 radical (unpaired) electrons. The van der Waals surface area contributed by atoms with Gasteiger partial charge in [-0.1, -0.05) is 12.1 Å². The van der Waals surface area contributed by atoms with E-state index in [0.29, 0.717) is 24.3 Å². The number of aryl methyl sites for hydroxylation is 1. The van der Waals surface area contributed by atoms with Crippen molar-refractivity contribution < 1.29 is 13.2 Å². The zero-order valence-corrected chi connectivity index (χ0v) is 15.0. The number of nitrogens with two attached hydrogens (primary N) is 1. The largest absolute Gasteiger partial charge is 0.352 e. The number of hydrogen-bond donors (Lipinski definition) is 2. The van der Waals surface area contributed by atoms with Gasteiger partial charge in [-0.2, -0.15) is 5.10 Å². The minimum absolute atomic E-state index is 0.0667. The molecule has 0 fully saturated rings. The summed E-state index contributed by atoms with van der Waals surface area (Å²) in [6, 6.07) is 10.0. The lowest BCUT2D eigenvalue weighted by Crippen LogP contribution is -2.26. The van der Waals surface area contributed by atoms with Gasteiger partial charge in [0, 0.05) is 26.0 Å². The van der Waals surface area contributed by atoms with E-state index < -0.39 is 10.0 Å². The molecule has 3 rings (SSSR count). The molecule has 0 unspecified atom stereocenters. The molecule has 1 amide bonds. The maximum atomic E-state index is 12.5. The van der Waals surface area contributed by atoms with Crippen molar-refractivity contribution in [1.82, 2.24) is 19.7 Å². The minimum Gasteiger partial charge on any atom is -0.352 e. The van der Waals surface area contributed by atoms with Crippen LogP contribution in [0.1, 0.15) is 15.9 Å². The van der Waals surface area contributed by atoms with Gasteiger partial charge in [0.25, 0.3) is 5.91 Å². The highest BCUT2D eigenvalue weighted by Gasteiger charge is 2.16. The molecule has 0 spiro atoms. The summed E-state index contributed by atoms with van der Waals surface area (Å²) in [6.45, 7) is 0.410. The Labute approximate surface area is 151 Å². The molecule has 0 atom stereocenters. The fourth-order valence-corrected chi connectivity index (χ4v) is 3.15. The first kappa shape index (κ1) is 17.9. The molecule has 2 heterocycles. The number of benzene rings is 1. The maximum absolute atomic E-state index is 12.5. The SMILES string of the molecule is Cn1ncc(C(=O)NCCc2ccc(S(N)(=O)=O)cc2)c1-n1cccc1. The molecular weight excluding hydrogens is 354 g/mol. The quantitative estimate of drug-likeness (QED) is 0.666. The normalized spacial score (nSPS) is 11.5. The lowest BCUT2D eigenvalue weighted by atomic mass is 10.1. The molecule has 0 saturated carbocycles. The molecule has 2 aromatic heterocycles. The zero-order chi connectivity index (χ0) is 18.7. The smallest absolute Gasteiger partial charge is 0.256 e. The summed E-state index contributed by atoms with van der Waals surface area (Å²) in [5.41, 5.74) is 1.38. The Balaban J connectivity index is 1.64. The summed E-state index contributed by atoms with van der Waals surface area (Å²) in [5, 5.41) is 12.1. The van der Waals surface area contributed by atoms with Gasteiger partial charge < -0.3 is 9.88 Å². The third-order valence-electron chi connectivity index (χ3n) is 3.95. The van der Waals surface area contributed by atoms with E-state index in [1.54, 1.807) is 23.9 Å². The molecule has 0 aliphatic carbocycles. The second-order valence-corrected chi connectivity index (χ2v) is 7.35. The molecule has 9 heteroatoms. The number of hydrogen-bond acceptors (Lipinski definition) is 4. The van der Waals surface area contributed by atoms with Crippen molar-refractivity contribution >= 4 is 15.9 Å². The van der Waals surface area contributed by atoms with Crippen LogP contribution in [0.25, 0.3) is 5.82 Å². The topological polar surface area (TPSA) is 112 Å². The van der Waals surface area contributed by atoms with Crippen LogP contribution in [0.5, 0.6) is 0 Å². The first-order valence-corrected chi connectivity index (χ1v) is 9.46. The Morgan fingerprint density at radius 3 is 2.46 bits per heavy atom. The van der Waals surface area contributed by atoms with E-state index in [2.05, 4.69) is 10.4 Å². The number of nitrogens with zero attached hydrogens (tertiary/aromatic N) is 3. The number of rotatable bonds is 6. The fourth-order valence-electron chi connectivity index (χ4n) is 2.63. The van der Waals surface area contributed by atoms with Gasteiger partial charge in [-0.15, -0.1) is 0 Å². The van der Waals surface area contributed by atoms with Crippen molar-refractivity contribution in [1.29, 1.82) is 0 Å². The monoisotopic (exact) mass is 373 g/mol. The third kappa shape index (κ3) is 3.84. The average molecular weight is 373 g/mol. The van der Waals surface area contributed by atoms with Crippen molar-refractivity contribution in [2.24, 2.45) is 12.2 Å². The van der Waals surface area contributed by atoms with Gasteiger partial charge >= 0.3 is 0 Å². The van der Waals surface area contributed by atoms with Crippen molar-refractivity contribution in [2.45, 2.75) is 11.3 Å². The van der Waals surface area contributed by atoms with Crippen LogP contribution >= 0.6 is 0 Å². The number of primary sulfonamides is 1. The molecule has 3 N–H and O–H groups in total. The Bertz CT molecular complexity index is 1010. The highest BCUT2D eigenvalue weighted by molar-refractivity contribution is 7.89. The van der Waals surface area contributed by atoms with Crippen molar-refractivity contribution in [3.8, 4) is 5.82 Å². The molecule has 0 saturated heterocycles. The Kier molecular flexibility index (Phi) is 4.92. The lowest BCUT2D eigenvalue weighted by molar-refractivity contribution is 0.0954. The Morgan fingerprint density at radius 2 is 1.85 bits per heavy atom. The highest BCUT2D eigenvalue weighted by atomic mass is 32.2. The molecule has 0 bridgehead atoms. The van der Waals surface area contributed by atoms with E-state index in [9.17, 15) is 13.2 Å². The number of amides is 1. The van der Waals surface area contributed by atoms with Crippen LogP contribution < -0.4 is 10.5 Å². The first-order valence-electron chi connectivity index (χ1n) is 7.91. The van der Waals surface area contributed by atoms with Crippen LogP contribution in [-0.4, -0.2) is 35.2 Å². The van der Waals surface area contributed by atoms with Crippen LogP contribution in [-0.2, 0) is 23.5 Å². The Morgan fingerprint density at radius 1 is 1.19 bits per heavy atom. The minimum atomic E-state index is -3.69. The maximum Gasteiger partial charge on any atom is 0.256 e. The standard InChI is InChI=1S/C17H19N5O3S/c1-21-17(22-10-2-3-11-22)15(12-20-21)16(23)19-9-8-13-4-6-14(7-5-13)26(18,24)25/h2-7,10-12H,8-9H2,1H3,(H,19,23)(H2,18,24,25). The lowest BCUT2D eigenvalue weighted by Gasteiger charge is -2.09. The van der Waals surface area contributed by atoms with Crippen LogP contribution in [0.15, 0.2) is 59.9 Å². The molecule has 26 heavy (non-hydrogen) atoms. The second kappa shape index (κ2) is 7.14. The van der Waals surface area contributed by atoms with Crippen LogP contribution in [0.4, 0.5) is 0 Å². The number of sulfonamides is 1. The van der Waals surface area contributed by atoms with Crippen LogP contribution in [0.2, 0.25) is 0 Å². The number of carbonyl (C=O) groups is 1. The van der Waals surface area contributed by atoms with E-state index in [0.717, 1.165) is 5.56 Å². The summed E-state index contributed by atoms with van der Waals surface area (Å²) in [7, 11) is -1.92. The molecule has 0 aliphatic rings. The van der Waals surface area contributed by atoms with E-state index >= 15 is 0 Å². The molecule has 1 aromatic carbocycles. The average Bonchev–Trinajstić information content (AvgIpc) is 3.23. The summed E-state index contributed by atoms with van der Waals surface area (Å²) in [6.07, 6.45) is 5.79. The van der Waals surface area contributed by atoms with E-state index in [1.165, 1.54) is 18.3 Å². The second-order valence-electron chi connectivity index (χ2n) is 5.79. The summed E-state index contributed by atoms with van der Waals surface area (Å²) in [5.74, 6) is 0.466. The predicted molar refractivity (Wildman–Crippen MR) is 96.4 cm³/mol. The van der Waals surface area contributed by atoms with Crippen LogP contribution in [0, 0.1) is 0 Å². The van der Waals surface area contributed by atoms with Gasteiger partial charge in [0.1, 0.15) is 11.4 Å². The zero-order valence-electron chi connectivity index (χ0n) is 14.2. The van der Waals surface area contributed by atoms with Gasteiger partial charge in [-0.25, -0.2) is 13.6 Å². The summed E-state index contributed by atoms with van der Waals surface area (Å²) < 4.78 is 26.0. The van der Waals surface area contributed by atoms with Crippen molar-refractivity contribution in [3.05, 3.63) is 66.1 Å². The van der Waals surface area contributed by atoms with Crippen molar-refractivity contribution in [2.75, 3.05) is 6.54 Å². The number of nitrogens with one attached hydrogen (secondary N) is 1. The van der Waals surface area contributed by atoms with Gasteiger partial charge in [0.2, 0.25) is 10.0 Å². The molecule has 136 valence electrons. The number of carbonyl (C=O) groups excluding carboxylic acids is 1. The van der Waals surface area contributed by atoms with E-state index in [1.807, 2.05) is 29.1 Å².